The van der Waals surface area contributed by atoms with E-state index in [2.05, 4.69) is 11.6 Å². The number of aliphatic imine (C=N–C) groups is 1. The Bertz CT molecular complexity index is 135. The molecule has 0 bridgehead atoms. The normalized spacial score (nSPS) is 16.8. The van der Waals surface area contributed by atoms with Gasteiger partial charge in [-0.1, -0.05) is 6.58 Å². The van der Waals surface area contributed by atoms with Crippen LogP contribution in [0.2, 0.25) is 0 Å². The molecule has 1 heterocycles. The lowest BCUT2D eigenvalue weighted by Gasteiger charge is -2.12. The Morgan fingerprint density at radius 3 is 3.00 bits per heavy atom. The highest BCUT2D eigenvalue weighted by Crippen LogP contribution is 1.92. The smallest absolute Gasteiger partial charge is 0.0573 e. The Morgan fingerprint density at radius 2 is 2.62 bits per heavy atom. The summed E-state index contributed by atoms with van der Waals surface area (Å²) in [5.74, 6) is 0. The van der Waals surface area contributed by atoms with Crippen molar-refractivity contribution in [2.24, 2.45) is 4.99 Å². The predicted octanol–water partition coefficient (Wildman–Crippen LogP) is 0.987. The van der Waals surface area contributed by atoms with E-state index in [1.807, 2.05) is 17.3 Å². The van der Waals surface area contributed by atoms with Crippen molar-refractivity contribution >= 4 is 6.21 Å². The third-order valence-corrected chi connectivity index (χ3v) is 0.977. The van der Waals surface area contributed by atoms with Gasteiger partial charge in [0.1, 0.15) is 0 Å². The van der Waals surface area contributed by atoms with Crippen LogP contribution in [0.3, 0.4) is 0 Å². The van der Waals surface area contributed by atoms with Crippen molar-refractivity contribution in [3.05, 3.63) is 25.2 Å². The van der Waals surface area contributed by atoms with Crippen LogP contribution < -0.4 is 0 Å². The van der Waals surface area contributed by atoms with Gasteiger partial charge in [-0.15, -0.1) is 0 Å². The van der Waals surface area contributed by atoms with Crippen LogP contribution in [0.15, 0.2) is 30.2 Å². The molecule has 1 aliphatic heterocycles. The highest BCUT2D eigenvalue weighted by atomic mass is 15.1. The van der Waals surface area contributed by atoms with Crippen molar-refractivity contribution in [1.29, 1.82) is 0 Å². The Kier molecular flexibility index (Phi) is 1.47. The molecule has 0 saturated heterocycles. The topological polar surface area (TPSA) is 15.6 Å². The van der Waals surface area contributed by atoms with Gasteiger partial charge in [0.05, 0.1) is 6.54 Å². The summed E-state index contributed by atoms with van der Waals surface area (Å²) < 4.78 is 0. The molecule has 0 aliphatic carbocycles. The van der Waals surface area contributed by atoms with Gasteiger partial charge in [-0.25, -0.2) is 0 Å². The predicted molar refractivity (Wildman–Crippen MR) is 34.5 cm³/mol. The number of nitrogens with zero attached hydrogens (tertiary/aromatic N) is 2. The molecular weight excluding hydrogens is 100 g/mol. The van der Waals surface area contributed by atoms with Crippen LogP contribution in [-0.2, 0) is 0 Å². The van der Waals surface area contributed by atoms with E-state index in [1.165, 1.54) is 0 Å². The Morgan fingerprint density at radius 1 is 1.75 bits per heavy atom. The minimum absolute atomic E-state index is 0.847. The molecule has 0 amide bonds. The van der Waals surface area contributed by atoms with Gasteiger partial charge in [0.25, 0.3) is 0 Å². The van der Waals surface area contributed by atoms with Gasteiger partial charge < -0.3 is 4.90 Å². The van der Waals surface area contributed by atoms with Crippen molar-refractivity contribution in [3.63, 3.8) is 0 Å². The largest absolute Gasteiger partial charge is 0.348 e. The first-order valence-electron chi connectivity index (χ1n) is 2.50. The summed E-state index contributed by atoms with van der Waals surface area (Å²) in [5, 5.41) is 0. The summed E-state index contributed by atoms with van der Waals surface area (Å²) in [5.41, 5.74) is 0. The van der Waals surface area contributed by atoms with Crippen molar-refractivity contribution < 1.29 is 0 Å². The van der Waals surface area contributed by atoms with Crippen LogP contribution in [0.25, 0.3) is 0 Å². The molecule has 42 valence electrons. The maximum Gasteiger partial charge on any atom is 0.0573 e. The second-order valence-corrected chi connectivity index (χ2v) is 1.51. The first kappa shape index (κ1) is 5.09. The zero-order chi connectivity index (χ0) is 5.82. The zero-order valence-corrected chi connectivity index (χ0v) is 4.62. The second kappa shape index (κ2) is 2.31. The fourth-order valence-corrected chi connectivity index (χ4v) is 0.523. The van der Waals surface area contributed by atoms with Gasteiger partial charge in [-0.05, 0) is 6.20 Å². The fraction of sp³-hybridized carbons (Fsp3) is 0.167. The number of hydrogen-bond acceptors (Lipinski definition) is 2. The average molecular weight is 108 g/mol. The van der Waals surface area contributed by atoms with Gasteiger partial charge in [-0.2, -0.15) is 0 Å². The lowest BCUT2D eigenvalue weighted by Crippen LogP contribution is -2.13. The molecule has 0 saturated carbocycles. The second-order valence-electron chi connectivity index (χ2n) is 1.51. The molecular formula is C6H8N2. The summed E-state index contributed by atoms with van der Waals surface area (Å²) >= 11 is 0. The van der Waals surface area contributed by atoms with Crippen LogP contribution in [-0.4, -0.2) is 17.7 Å². The van der Waals surface area contributed by atoms with Crippen LogP contribution >= 0.6 is 0 Å². The zero-order valence-electron chi connectivity index (χ0n) is 4.62. The minimum atomic E-state index is 0.847. The van der Waals surface area contributed by atoms with E-state index in [9.17, 15) is 0 Å². The van der Waals surface area contributed by atoms with Gasteiger partial charge in [0, 0.05) is 18.6 Å². The van der Waals surface area contributed by atoms with E-state index >= 15 is 0 Å². The quantitative estimate of drug-likeness (QED) is 0.489. The Labute approximate surface area is 48.8 Å². The van der Waals surface area contributed by atoms with Crippen LogP contribution in [0, 0.1) is 0 Å². The number of hydrogen-bond donors (Lipinski definition) is 0. The average Bonchev–Trinajstić information content (AvgIpc) is 1.90. The molecule has 0 aromatic carbocycles. The first-order valence-corrected chi connectivity index (χ1v) is 2.50. The first-order chi connectivity index (χ1) is 3.93. The molecule has 0 aromatic rings. The molecule has 0 aromatic heterocycles. The van der Waals surface area contributed by atoms with Gasteiger partial charge in [0.2, 0.25) is 0 Å². The molecule has 1 rings (SSSR count). The summed E-state index contributed by atoms with van der Waals surface area (Å²) in [7, 11) is 0. The molecule has 2 heteroatoms. The van der Waals surface area contributed by atoms with E-state index in [-0.39, 0.29) is 0 Å². The molecule has 0 radical (unpaired) electrons. The molecule has 0 unspecified atom stereocenters. The monoisotopic (exact) mass is 108 g/mol. The van der Waals surface area contributed by atoms with E-state index in [0.717, 1.165) is 6.54 Å². The van der Waals surface area contributed by atoms with E-state index in [1.54, 1.807) is 12.4 Å². The molecule has 0 N–H and O–H groups in total. The molecule has 0 fully saturated rings. The molecule has 8 heavy (non-hydrogen) atoms. The van der Waals surface area contributed by atoms with Crippen molar-refractivity contribution in [3.8, 4) is 0 Å². The summed E-state index contributed by atoms with van der Waals surface area (Å²) in [6, 6.07) is 0. The molecule has 2 nitrogen and oxygen atoms in total. The highest BCUT2D eigenvalue weighted by Gasteiger charge is 1.90. The minimum Gasteiger partial charge on any atom is -0.348 e. The van der Waals surface area contributed by atoms with Gasteiger partial charge in [-0.3, -0.25) is 4.99 Å². The van der Waals surface area contributed by atoms with E-state index in [0.29, 0.717) is 0 Å². The van der Waals surface area contributed by atoms with E-state index in [4.69, 9.17) is 0 Å². The molecule has 0 spiro atoms. The lowest BCUT2D eigenvalue weighted by atomic mass is 10.5. The summed E-state index contributed by atoms with van der Waals surface area (Å²) in [6.45, 7) is 4.44. The Hall–Kier alpha value is -1.05. The van der Waals surface area contributed by atoms with Crippen molar-refractivity contribution in [1.82, 2.24) is 4.90 Å². The SMILES string of the molecule is C=CN1C=CN=CC1. The number of rotatable bonds is 1. The van der Waals surface area contributed by atoms with Crippen LogP contribution in [0.4, 0.5) is 0 Å². The molecule has 0 atom stereocenters. The van der Waals surface area contributed by atoms with Gasteiger partial charge >= 0.3 is 0 Å². The Balaban J connectivity index is 2.51. The van der Waals surface area contributed by atoms with Crippen molar-refractivity contribution in [2.45, 2.75) is 0 Å². The van der Waals surface area contributed by atoms with Crippen molar-refractivity contribution in [2.75, 3.05) is 6.54 Å². The molecule has 1 aliphatic rings. The maximum absolute atomic E-state index is 3.88. The van der Waals surface area contributed by atoms with Gasteiger partial charge in [0.15, 0.2) is 0 Å². The highest BCUT2D eigenvalue weighted by molar-refractivity contribution is 5.61. The third kappa shape index (κ3) is 0.964. The van der Waals surface area contributed by atoms with Crippen LogP contribution in [0.1, 0.15) is 0 Å². The fourth-order valence-electron chi connectivity index (χ4n) is 0.523. The summed E-state index contributed by atoms with van der Waals surface area (Å²) in [6.07, 6.45) is 7.22. The van der Waals surface area contributed by atoms with E-state index < -0.39 is 0 Å². The third-order valence-electron chi connectivity index (χ3n) is 0.977. The summed E-state index contributed by atoms with van der Waals surface area (Å²) in [4.78, 5) is 5.83. The van der Waals surface area contributed by atoms with Crippen LogP contribution in [0.5, 0.6) is 0 Å². The standard InChI is InChI=1S/C6H8N2/c1-2-8-5-3-7-4-6-8/h2-5H,1,6H2. The lowest BCUT2D eigenvalue weighted by molar-refractivity contribution is 0.581. The maximum atomic E-state index is 3.88.